The molecular weight excluding hydrogens is 378 g/mol. The quantitative estimate of drug-likeness (QED) is 0.527. The molecule has 2 amide bonds. The Bertz CT molecular complexity index is 800. The number of aliphatic carboxylic acids is 1. The summed E-state index contributed by atoms with van der Waals surface area (Å²) in [4.78, 5) is 55.3. The molecule has 0 spiro atoms. The predicted molar refractivity (Wildman–Crippen MR) is 105 cm³/mol. The molecular formula is C21H27NO7. The second kappa shape index (κ2) is 11.1. The highest BCUT2D eigenvalue weighted by Gasteiger charge is 2.29. The van der Waals surface area contributed by atoms with E-state index in [2.05, 4.69) is 19.2 Å². The van der Waals surface area contributed by atoms with E-state index >= 15 is 0 Å². The van der Waals surface area contributed by atoms with Crippen molar-refractivity contribution in [3.63, 3.8) is 0 Å². The molecule has 0 radical (unpaired) electrons. The number of benzene rings is 1. The lowest BCUT2D eigenvalue weighted by Gasteiger charge is -2.25. The number of ether oxygens (including phenoxy) is 1. The topological polar surface area (TPSA) is 127 Å². The molecule has 2 atom stereocenters. The number of carboxylic acids is 1. The van der Waals surface area contributed by atoms with E-state index in [4.69, 9.17) is 9.84 Å². The molecule has 29 heavy (non-hydrogen) atoms. The number of carboxylic acid groups (broad SMARTS) is 1. The van der Waals surface area contributed by atoms with Crippen LogP contribution in [0.5, 0.6) is 5.75 Å². The van der Waals surface area contributed by atoms with Gasteiger partial charge in [0.25, 0.3) is 0 Å². The van der Waals surface area contributed by atoms with Crippen molar-refractivity contribution in [1.82, 2.24) is 5.32 Å². The van der Waals surface area contributed by atoms with E-state index in [9.17, 15) is 24.0 Å². The Morgan fingerprint density at radius 1 is 1.21 bits per heavy atom. The molecule has 158 valence electrons. The van der Waals surface area contributed by atoms with Crippen molar-refractivity contribution >= 4 is 29.4 Å². The van der Waals surface area contributed by atoms with Crippen molar-refractivity contribution in [2.45, 2.75) is 47.0 Å². The summed E-state index contributed by atoms with van der Waals surface area (Å²) >= 11 is 0. The molecule has 2 rings (SSSR count). The van der Waals surface area contributed by atoms with Gasteiger partial charge in [-0.3, -0.25) is 24.5 Å². The van der Waals surface area contributed by atoms with Gasteiger partial charge in [-0.1, -0.05) is 32.4 Å². The number of hydrogen-bond acceptors (Lipinski definition) is 6. The SMILES string of the molecule is CC(=O)c1cccc(OCC(=O)O)c1C(C)=O.CCC(C)C1CCC(=O)NC1=O. The van der Waals surface area contributed by atoms with E-state index in [1.54, 1.807) is 6.07 Å². The summed E-state index contributed by atoms with van der Waals surface area (Å²) in [6.45, 7) is 6.20. The largest absolute Gasteiger partial charge is 0.481 e. The van der Waals surface area contributed by atoms with Gasteiger partial charge < -0.3 is 9.84 Å². The third-order valence-corrected chi connectivity index (χ3v) is 4.72. The van der Waals surface area contributed by atoms with Crippen molar-refractivity contribution in [3.05, 3.63) is 29.3 Å². The van der Waals surface area contributed by atoms with Crippen LogP contribution in [0.4, 0.5) is 0 Å². The molecule has 1 aliphatic rings. The number of imide groups is 1. The van der Waals surface area contributed by atoms with Crippen LogP contribution in [0.25, 0.3) is 0 Å². The standard InChI is InChI=1S/C12H12O5.C9H15NO2/c1-7(13)9-4-3-5-10(12(9)8(2)14)17-6-11(15)16;1-3-6(2)7-4-5-8(11)10-9(7)12/h3-5H,6H2,1-2H3,(H,15,16);6-7H,3-5H2,1-2H3,(H,10,11,12). The van der Waals surface area contributed by atoms with E-state index in [-0.39, 0.29) is 46.2 Å². The maximum absolute atomic E-state index is 11.5. The van der Waals surface area contributed by atoms with Crippen molar-refractivity contribution in [1.29, 1.82) is 0 Å². The first-order valence-electron chi connectivity index (χ1n) is 9.41. The summed E-state index contributed by atoms with van der Waals surface area (Å²) in [6, 6.07) is 4.51. The van der Waals surface area contributed by atoms with Gasteiger partial charge in [0.05, 0.1) is 5.56 Å². The zero-order chi connectivity index (χ0) is 22.1. The maximum Gasteiger partial charge on any atom is 0.341 e. The molecule has 1 fully saturated rings. The van der Waals surface area contributed by atoms with Crippen LogP contribution in [0.15, 0.2) is 18.2 Å². The van der Waals surface area contributed by atoms with Crippen LogP contribution in [0.1, 0.15) is 67.7 Å². The molecule has 2 unspecified atom stereocenters. The van der Waals surface area contributed by atoms with Crippen LogP contribution in [0.3, 0.4) is 0 Å². The monoisotopic (exact) mass is 405 g/mol. The summed E-state index contributed by atoms with van der Waals surface area (Å²) in [5.74, 6) is -1.40. The molecule has 1 aliphatic heterocycles. The first kappa shape index (κ1) is 24.0. The maximum atomic E-state index is 11.5. The lowest BCUT2D eigenvalue weighted by molar-refractivity contribution is -0.139. The molecule has 0 aromatic heterocycles. The van der Waals surface area contributed by atoms with Gasteiger partial charge in [-0.15, -0.1) is 0 Å². The number of ketones is 2. The Labute approximate surface area is 169 Å². The van der Waals surface area contributed by atoms with Crippen LogP contribution in [-0.4, -0.2) is 41.1 Å². The smallest absolute Gasteiger partial charge is 0.341 e. The number of nitrogens with one attached hydrogen (secondary N) is 1. The fourth-order valence-corrected chi connectivity index (χ4v) is 2.99. The fraction of sp³-hybridized carbons (Fsp3) is 0.476. The number of hydrogen-bond donors (Lipinski definition) is 2. The number of amides is 2. The van der Waals surface area contributed by atoms with Crippen LogP contribution in [0.2, 0.25) is 0 Å². The van der Waals surface area contributed by atoms with Crippen molar-refractivity contribution < 1.29 is 33.8 Å². The van der Waals surface area contributed by atoms with Crippen LogP contribution in [-0.2, 0) is 14.4 Å². The fourth-order valence-electron chi connectivity index (χ4n) is 2.99. The molecule has 1 aromatic rings. The first-order chi connectivity index (χ1) is 13.6. The summed E-state index contributed by atoms with van der Waals surface area (Å²) in [6.07, 6.45) is 2.21. The van der Waals surface area contributed by atoms with Gasteiger partial charge in [0.1, 0.15) is 5.75 Å². The minimum atomic E-state index is -1.15. The highest BCUT2D eigenvalue weighted by atomic mass is 16.5. The Kier molecular flexibility index (Phi) is 9.18. The van der Waals surface area contributed by atoms with Crippen molar-refractivity contribution in [2.75, 3.05) is 6.61 Å². The second-order valence-corrected chi connectivity index (χ2v) is 6.92. The van der Waals surface area contributed by atoms with Crippen LogP contribution < -0.4 is 10.1 Å². The van der Waals surface area contributed by atoms with Gasteiger partial charge in [-0.25, -0.2) is 4.79 Å². The van der Waals surface area contributed by atoms with Crippen molar-refractivity contribution in [2.24, 2.45) is 11.8 Å². The molecule has 1 aromatic carbocycles. The van der Waals surface area contributed by atoms with Crippen LogP contribution in [0, 0.1) is 11.8 Å². The van der Waals surface area contributed by atoms with E-state index < -0.39 is 12.6 Å². The number of carbonyl (C=O) groups excluding carboxylic acids is 4. The third-order valence-electron chi connectivity index (χ3n) is 4.72. The minimum absolute atomic E-state index is 0.0488. The van der Waals surface area contributed by atoms with E-state index in [0.717, 1.165) is 12.8 Å². The molecule has 0 bridgehead atoms. The molecule has 0 aliphatic carbocycles. The average molecular weight is 405 g/mol. The molecule has 1 saturated heterocycles. The number of Topliss-reactive ketones (excluding diaryl/α,β-unsaturated/α-hetero) is 2. The second-order valence-electron chi connectivity index (χ2n) is 6.92. The molecule has 0 saturated carbocycles. The lowest BCUT2D eigenvalue weighted by Crippen LogP contribution is -2.42. The first-order valence-corrected chi connectivity index (χ1v) is 9.41. The van der Waals surface area contributed by atoms with Gasteiger partial charge in [-0.05, 0) is 32.3 Å². The Hall–Kier alpha value is -3.03. The summed E-state index contributed by atoms with van der Waals surface area (Å²) in [5, 5.41) is 10.9. The highest BCUT2D eigenvalue weighted by Crippen LogP contribution is 2.24. The number of rotatable bonds is 7. The highest BCUT2D eigenvalue weighted by molar-refractivity contribution is 6.09. The molecule has 8 heteroatoms. The van der Waals surface area contributed by atoms with Gasteiger partial charge in [0.2, 0.25) is 11.8 Å². The minimum Gasteiger partial charge on any atom is -0.481 e. The van der Waals surface area contributed by atoms with Crippen LogP contribution >= 0.6 is 0 Å². The Morgan fingerprint density at radius 3 is 2.34 bits per heavy atom. The molecule has 2 N–H and O–H groups in total. The Balaban J connectivity index is 0.000000308. The molecule has 8 nitrogen and oxygen atoms in total. The predicted octanol–water partition coefficient (Wildman–Crippen LogP) is 2.64. The average Bonchev–Trinajstić information content (AvgIpc) is 2.65. The summed E-state index contributed by atoms with van der Waals surface area (Å²) in [5.41, 5.74) is 0.363. The normalized spacial score (nSPS) is 16.8. The van der Waals surface area contributed by atoms with Crippen molar-refractivity contribution in [3.8, 4) is 5.75 Å². The third kappa shape index (κ3) is 7.14. The number of piperidine rings is 1. The van der Waals surface area contributed by atoms with E-state index in [1.165, 1.54) is 26.0 Å². The zero-order valence-corrected chi connectivity index (χ0v) is 17.1. The Morgan fingerprint density at radius 2 is 1.86 bits per heavy atom. The van der Waals surface area contributed by atoms with Gasteiger partial charge in [-0.2, -0.15) is 0 Å². The van der Waals surface area contributed by atoms with Gasteiger partial charge in [0.15, 0.2) is 18.2 Å². The van der Waals surface area contributed by atoms with Gasteiger partial charge >= 0.3 is 5.97 Å². The van der Waals surface area contributed by atoms with E-state index in [1.807, 2.05) is 0 Å². The lowest BCUT2D eigenvalue weighted by atomic mass is 9.85. The molecule has 1 heterocycles. The van der Waals surface area contributed by atoms with E-state index in [0.29, 0.717) is 12.3 Å². The summed E-state index contributed by atoms with van der Waals surface area (Å²) < 4.78 is 4.98. The van der Waals surface area contributed by atoms with Gasteiger partial charge in [0, 0.05) is 17.9 Å². The zero-order valence-electron chi connectivity index (χ0n) is 17.1. The number of carbonyl (C=O) groups is 5. The summed E-state index contributed by atoms with van der Waals surface area (Å²) in [7, 11) is 0.